The van der Waals surface area contributed by atoms with Crippen molar-refractivity contribution in [2.45, 2.75) is 59.2 Å². The summed E-state index contributed by atoms with van der Waals surface area (Å²) in [6, 6.07) is 0.337. The van der Waals surface area contributed by atoms with Crippen molar-refractivity contribution in [2.24, 2.45) is 0 Å². The number of hydrogen-bond acceptors (Lipinski definition) is 3. The maximum atomic E-state index is 6.16. The fraction of sp³-hybridized carbons (Fsp3) is 0.769. The van der Waals surface area contributed by atoms with Crippen molar-refractivity contribution in [2.75, 3.05) is 12.3 Å². The molecule has 0 saturated heterocycles. The van der Waals surface area contributed by atoms with Gasteiger partial charge in [-0.15, -0.1) is 0 Å². The van der Waals surface area contributed by atoms with E-state index < -0.39 is 0 Å². The molecule has 0 saturated carbocycles. The van der Waals surface area contributed by atoms with Crippen LogP contribution in [0.15, 0.2) is 0 Å². The van der Waals surface area contributed by atoms with Crippen LogP contribution in [0.5, 0.6) is 0 Å². The average Bonchev–Trinajstić information content (AvgIpc) is 2.54. The summed E-state index contributed by atoms with van der Waals surface area (Å²) in [7, 11) is 0. The maximum absolute atomic E-state index is 6.16. The Morgan fingerprint density at radius 1 is 1.29 bits per heavy atom. The third kappa shape index (κ3) is 2.18. The maximum Gasteiger partial charge on any atom is 0.125 e. The minimum atomic E-state index is 0.202. The summed E-state index contributed by atoms with van der Waals surface area (Å²) in [5.74, 6) is 0.864. The summed E-state index contributed by atoms with van der Waals surface area (Å²) in [5, 5.41) is 4.66. The normalized spacial score (nSPS) is 17.5. The molecule has 0 bridgehead atoms. The van der Waals surface area contributed by atoms with Crippen LogP contribution < -0.4 is 5.73 Å². The first-order valence-electron chi connectivity index (χ1n) is 6.41. The molecule has 0 amide bonds. The van der Waals surface area contributed by atoms with Crippen LogP contribution in [-0.2, 0) is 13.0 Å². The summed E-state index contributed by atoms with van der Waals surface area (Å²) in [5.41, 5.74) is 8.79. The largest absolute Gasteiger partial charge is 0.384 e. The Hall–Kier alpha value is -1.03. The molecule has 1 aliphatic heterocycles. The molecule has 2 rings (SSSR count). The number of nitrogens with two attached hydrogens (primary N) is 1. The number of rotatable bonds is 1. The molecule has 17 heavy (non-hydrogen) atoms. The Labute approximate surface area is 104 Å². The van der Waals surface area contributed by atoms with Crippen LogP contribution in [0.25, 0.3) is 0 Å². The van der Waals surface area contributed by atoms with Gasteiger partial charge < -0.3 is 5.73 Å². The van der Waals surface area contributed by atoms with Gasteiger partial charge in [-0.1, -0.05) is 0 Å². The van der Waals surface area contributed by atoms with Crippen LogP contribution in [0.3, 0.4) is 0 Å². The second-order valence-electron chi connectivity index (χ2n) is 6.19. The molecule has 0 aliphatic carbocycles. The minimum absolute atomic E-state index is 0.202. The van der Waals surface area contributed by atoms with Crippen LogP contribution in [0.4, 0.5) is 5.82 Å². The third-order valence-electron chi connectivity index (χ3n) is 3.54. The van der Waals surface area contributed by atoms with E-state index in [1.54, 1.807) is 0 Å². The van der Waals surface area contributed by atoms with E-state index in [-0.39, 0.29) is 5.54 Å². The van der Waals surface area contributed by atoms with Crippen LogP contribution in [0, 0.1) is 0 Å². The molecule has 0 aromatic carbocycles. The SMILES string of the molecule is CC(C)n1nc2c(c1N)CCN(C(C)(C)C)C2. The molecule has 1 aromatic heterocycles. The molecular weight excluding hydrogens is 212 g/mol. The summed E-state index contributed by atoms with van der Waals surface area (Å²) < 4.78 is 1.96. The van der Waals surface area contributed by atoms with Gasteiger partial charge >= 0.3 is 0 Å². The molecule has 0 unspecified atom stereocenters. The number of nitrogen functional groups attached to an aromatic ring is 1. The van der Waals surface area contributed by atoms with E-state index in [1.165, 1.54) is 5.56 Å². The Bertz CT molecular complexity index is 412. The van der Waals surface area contributed by atoms with Gasteiger partial charge in [-0.05, 0) is 41.0 Å². The summed E-state index contributed by atoms with van der Waals surface area (Å²) in [4.78, 5) is 2.46. The van der Waals surface area contributed by atoms with Gasteiger partial charge in [0, 0.05) is 30.2 Å². The van der Waals surface area contributed by atoms with Gasteiger partial charge in [0.05, 0.1) is 5.69 Å². The molecule has 0 radical (unpaired) electrons. The second-order valence-corrected chi connectivity index (χ2v) is 6.19. The van der Waals surface area contributed by atoms with E-state index in [9.17, 15) is 0 Å². The Kier molecular flexibility index (Phi) is 2.94. The molecule has 4 heteroatoms. The van der Waals surface area contributed by atoms with Crippen LogP contribution >= 0.6 is 0 Å². The van der Waals surface area contributed by atoms with Crippen LogP contribution in [0.2, 0.25) is 0 Å². The lowest BCUT2D eigenvalue weighted by Gasteiger charge is -2.37. The number of fused-ring (bicyclic) bond motifs is 1. The van der Waals surface area contributed by atoms with E-state index in [2.05, 4.69) is 44.6 Å². The Balaban J connectivity index is 2.31. The first kappa shape index (κ1) is 12.4. The zero-order valence-electron chi connectivity index (χ0n) is 11.6. The highest BCUT2D eigenvalue weighted by molar-refractivity contribution is 5.45. The van der Waals surface area contributed by atoms with Crippen molar-refractivity contribution < 1.29 is 0 Å². The van der Waals surface area contributed by atoms with Gasteiger partial charge in [0.2, 0.25) is 0 Å². The monoisotopic (exact) mass is 236 g/mol. The molecule has 2 N–H and O–H groups in total. The highest BCUT2D eigenvalue weighted by Crippen LogP contribution is 2.29. The van der Waals surface area contributed by atoms with Crippen molar-refractivity contribution in [3.05, 3.63) is 11.3 Å². The topological polar surface area (TPSA) is 47.1 Å². The average molecular weight is 236 g/mol. The molecule has 1 aliphatic rings. The molecule has 96 valence electrons. The van der Waals surface area contributed by atoms with Gasteiger partial charge in [0.25, 0.3) is 0 Å². The molecule has 2 heterocycles. The molecule has 0 fully saturated rings. The Morgan fingerprint density at radius 3 is 2.47 bits per heavy atom. The second kappa shape index (κ2) is 4.02. The van der Waals surface area contributed by atoms with E-state index in [0.717, 1.165) is 31.0 Å². The lowest BCUT2D eigenvalue weighted by molar-refractivity contribution is 0.119. The molecule has 1 aromatic rings. The van der Waals surface area contributed by atoms with Crippen molar-refractivity contribution in [1.29, 1.82) is 0 Å². The van der Waals surface area contributed by atoms with Crippen LogP contribution in [-0.4, -0.2) is 26.8 Å². The fourth-order valence-corrected chi connectivity index (χ4v) is 2.40. The number of anilines is 1. The summed E-state index contributed by atoms with van der Waals surface area (Å²) in [6.45, 7) is 13.0. The van der Waals surface area contributed by atoms with Crippen molar-refractivity contribution in [3.63, 3.8) is 0 Å². The standard InChI is InChI=1S/C13H24N4/c1-9(2)17-12(14)10-6-7-16(13(3,4)5)8-11(10)15-17/h9H,6-8,14H2,1-5H3. The van der Waals surface area contributed by atoms with Crippen LogP contribution in [0.1, 0.15) is 51.9 Å². The van der Waals surface area contributed by atoms with Gasteiger partial charge in [0.15, 0.2) is 0 Å². The zero-order chi connectivity index (χ0) is 12.8. The quantitative estimate of drug-likeness (QED) is 0.813. The van der Waals surface area contributed by atoms with Gasteiger partial charge in [-0.2, -0.15) is 5.10 Å². The van der Waals surface area contributed by atoms with Crippen molar-refractivity contribution in [3.8, 4) is 0 Å². The van der Waals surface area contributed by atoms with E-state index >= 15 is 0 Å². The predicted octanol–water partition coefficient (Wildman–Crippen LogP) is 2.20. The predicted molar refractivity (Wildman–Crippen MR) is 70.9 cm³/mol. The highest BCUT2D eigenvalue weighted by Gasteiger charge is 2.29. The van der Waals surface area contributed by atoms with E-state index in [4.69, 9.17) is 5.73 Å². The van der Waals surface area contributed by atoms with Gasteiger partial charge in [0.1, 0.15) is 5.82 Å². The lowest BCUT2D eigenvalue weighted by Crippen LogP contribution is -2.44. The fourth-order valence-electron chi connectivity index (χ4n) is 2.40. The number of hydrogen-bond donors (Lipinski definition) is 1. The number of aromatic nitrogens is 2. The van der Waals surface area contributed by atoms with E-state index in [1.807, 2.05) is 4.68 Å². The zero-order valence-corrected chi connectivity index (χ0v) is 11.6. The van der Waals surface area contributed by atoms with Gasteiger partial charge in [-0.25, -0.2) is 4.68 Å². The highest BCUT2D eigenvalue weighted by atomic mass is 15.3. The lowest BCUT2D eigenvalue weighted by atomic mass is 9.99. The molecule has 4 nitrogen and oxygen atoms in total. The summed E-state index contributed by atoms with van der Waals surface area (Å²) in [6.07, 6.45) is 1.02. The molecule has 0 spiro atoms. The Morgan fingerprint density at radius 2 is 1.94 bits per heavy atom. The molecule has 0 atom stereocenters. The van der Waals surface area contributed by atoms with Gasteiger partial charge in [-0.3, -0.25) is 4.90 Å². The number of nitrogens with zero attached hydrogens (tertiary/aromatic N) is 3. The van der Waals surface area contributed by atoms with E-state index in [0.29, 0.717) is 6.04 Å². The minimum Gasteiger partial charge on any atom is -0.384 e. The van der Waals surface area contributed by atoms with Crippen molar-refractivity contribution >= 4 is 5.82 Å². The first-order valence-corrected chi connectivity index (χ1v) is 6.41. The molecular formula is C13H24N4. The summed E-state index contributed by atoms with van der Waals surface area (Å²) >= 11 is 0. The smallest absolute Gasteiger partial charge is 0.125 e. The first-order chi connectivity index (χ1) is 7.80. The third-order valence-corrected chi connectivity index (χ3v) is 3.54. The van der Waals surface area contributed by atoms with Crippen molar-refractivity contribution in [1.82, 2.24) is 14.7 Å².